The van der Waals surface area contributed by atoms with E-state index in [0.717, 1.165) is 18.9 Å². The molecule has 0 aromatic carbocycles. The molecule has 0 saturated heterocycles. The SMILES string of the molecule is OC1CCC(NC2CCCCC23CCCC3)CC1. The molecule has 0 aromatic rings. The van der Waals surface area contributed by atoms with Gasteiger partial charge in [0.25, 0.3) is 0 Å². The van der Waals surface area contributed by atoms with Gasteiger partial charge in [0, 0.05) is 12.1 Å². The molecule has 3 aliphatic carbocycles. The molecule has 0 radical (unpaired) electrons. The van der Waals surface area contributed by atoms with Gasteiger partial charge in [0.05, 0.1) is 6.10 Å². The van der Waals surface area contributed by atoms with Gasteiger partial charge in [-0.1, -0.05) is 25.7 Å². The smallest absolute Gasteiger partial charge is 0.0541 e. The minimum atomic E-state index is -0.0187. The first-order valence-electron chi connectivity index (χ1n) is 8.23. The molecular formula is C16H29NO. The van der Waals surface area contributed by atoms with Crippen molar-refractivity contribution in [3.63, 3.8) is 0 Å². The van der Waals surface area contributed by atoms with Crippen molar-refractivity contribution in [3.8, 4) is 0 Å². The molecule has 1 spiro atoms. The molecule has 2 N–H and O–H groups in total. The van der Waals surface area contributed by atoms with Crippen LogP contribution in [0.1, 0.15) is 77.0 Å². The van der Waals surface area contributed by atoms with E-state index in [0.29, 0.717) is 11.5 Å². The van der Waals surface area contributed by atoms with E-state index in [4.69, 9.17) is 0 Å². The normalized spacial score (nSPS) is 40.2. The topological polar surface area (TPSA) is 32.3 Å². The average molecular weight is 251 g/mol. The highest BCUT2D eigenvalue weighted by Gasteiger charge is 2.43. The Hall–Kier alpha value is -0.0800. The van der Waals surface area contributed by atoms with Crippen LogP contribution in [0.2, 0.25) is 0 Å². The van der Waals surface area contributed by atoms with Gasteiger partial charge in [-0.3, -0.25) is 0 Å². The maximum Gasteiger partial charge on any atom is 0.0541 e. The summed E-state index contributed by atoms with van der Waals surface area (Å²) in [6, 6.07) is 1.47. The molecule has 0 amide bonds. The van der Waals surface area contributed by atoms with E-state index in [-0.39, 0.29) is 6.10 Å². The number of aliphatic hydroxyl groups is 1. The van der Waals surface area contributed by atoms with Crippen LogP contribution in [0.5, 0.6) is 0 Å². The molecule has 2 heteroatoms. The fourth-order valence-corrected chi connectivity index (χ4v) is 4.77. The van der Waals surface area contributed by atoms with Crippen LogP contribution in [0.15, 0.2) is 0 Å². The molecule has 0 bridgehead atoms. The zero-order chi connectivity index (χ0) is 12.4. The van der Waals surface area contributed by atoms with Crippen molar-refractivity contribution in [1.29, 1.82) is 0 Å². The maximum atomic E-state index is 9.61. The highest BCUT2D eigenvalue weighted by Crippen LogP contribution is 2.49. The molecule has 0 aromatic heterocycles. The summed E-state index contributed by atoms with van der Waals surface area (Å²) < 4.78 is 0. The first-order chi connectivity index (χ1) is 8.78. The summed E-state index contributed by atoms with van der Waals surface area (Å²) in [5, 5.41) is 13.6. The molecule has 3 saturated carbocycles. The Balaban J connectivity index is 1.59. The highest BCUT2D eigenvalue weighted by atomic mass is 16.3. The lowest BCUT2D eigenvalue weighted by Crippen LogP contribution is -2.51. The molecule has 18 heavy (non-hydrogen) atoms. The molecule has 3 rings (SSSR count). The highest BCUT2D eigenvalue weighted by molar-refractivity contribution is 4.98. The Labute approximate surface area is 112 Å². The van der Waals surface area contributed by atoms with E-state index in [2.05, 4.69) is 5.32 Å². The number of aliphatic hydroxyl groups excluding tert-OH is 1. The van der Waals surface area contributed by atoms with Crippen molar-refractivity contribution in [3.05, 3.63) is 0 Å². The van der Waals surface area contributed by atoms with Crippen molar-refractivity contribution in [2.24, 2.45) is 5.41 Å². The molecule has 0 heterocycles. The third kappa shape index (κ3) is 2.60. The summed E-state index contributed by atoms with van der Waals surface area (Å²) >= 11 is 0. The summed E-state index contributed by atoms with van der Waals surface area (Å²) in [6.45, 7) is 0. The summed E-state index contributed by atoms with van der Waals surface area (Å²) in [6.07, 6.45) is 16.0. The van der Waals surface area contributed by atoms with E-state index >= 15 is 0 Å². The molecule has 0 aliphatic heterocycles. The van der Waals surface area contributed by atoms with E-state index in [1.165, 1.54) is 64.2 Å². The van der Waals surface area contributed by atoms with Gasteiger partial charge in [-0.15, -0.1) is 0 Å². The molecule has 2 nitrogen and oxygen atoms in total. The number of hydrogen-bond acceptors (Lipinski definition) is 2. The lowest BCUT2D eigenvalue weighted by Gasteiger charge is -2.44. The van der Waals surface area contributed by atoms with Crippen LogP contribution in [0.4, 0.5) is 0 Å². The van der Waals surface area contributed by atoms with Crippen LogP contribution in [0.25, 0.3) is 0 Å². The minimum Gasteiger partial charge on any atom is -0.393 e. The first kappa shape index (κ1) is 12.9. The second-order valence-corrected chi connectivity index (χ2v) is 7.04. The lowest BCUT2D eigenvalue weighted by molar-refractivity contribution is 0.0847. The molecule has 1 unspecified atom stereocenters. The van der Waals surface area contributed by atoms with E-state index in [1.807, 2.05) is 0 Å². The second kappa shape index (κ2) is 5.50. The van der Waals surface area contributed by atoms with Crippen molar-refractivity contribution in [2.75, 3.05) is 0 Å². The second-order valence-electron chi connectivity index (χ2n) is 7.04. The minimum absolute atomic E-state index is 0.0187. The molecule has 3 fully saturated rings. The van der Waals surface area contributed by atoms with Gasteiger partial charge in [-0.25, -0.2) is 0 Å². The van der Waals surface area contributed by atoms with Crippen molar-refractivity contribution in [2.45, 2.75) is 95.2 Å². The average Bonchev–Trinajstić information content (AvgIpc) is 2.84. The predicted octanol–water partition coefficient (Wildman–Crippen LogP) is 3.38. The number of rotatable bonds is 2. The van der Waals surface area contributed by atoms with Crippen molar-refractivity contribution >= 4 is 0 Å². The Bertz CT molecular complexity index is 264. The van der Waals surface area contributed by atoms with Gasteiger partial charge in [-0.05, 0) is 56.8 Å². The van der Waals surface area contributed by atoms with Crippen LogP contribution >= 0.6 is 0 Å². The Morgan fingerprint density at radius 3 is 2.06 bits per heavy atom. The maximum absolute atomic E-state index is 9.61. The van der Waals surface area contributed by atoms with Crippen LogP contribution in [-0.2, 0) is 0 Å². The third-order valence-corrected chi connectivity index (χ3v) is 5.89. The fourth-order valence-electron chi connectivity index (χ4n) is 4.77. The fraction of sp³-hybridized carbons (Fsp3) is 1.00. The molecular weight excluding hydrogens is 222 g/mol. The van der Waals surface area contributed by atoms with Gasteiger partial charge in [0.2, 0.25) is 0 Å². The number of nitrogens with one attached hydrogen (secondary N) is 1. The van der Waals surface area contributed by atoms with Gasteiger partial charge in [-0.2, -0.15) is 0 Å². The van der Waals surface area contributed by atoms with Crippen LogP contribution in [0, 0.1) is 5.41 Å². The predicted molar refractivity (Wildman–Crippen MR) is 74.6 cm³/mol. The number of hydrogen-bond donors (Lipinski definition) is 2. The van der Waals surface area contributed by atoms with Crippen LogP contribution in [0.3, 0.4) is 0 Å². The Morgan fingerprint density at radius 2 is 1.39 bits per heavy atom. The molecule has 3 aliphatic rings. The van der Waals surface area contributed by atoms with Crippen molar-refractivity contribution in [1.82, 2.24) is 5.32 Å². The summed E-state index contributed by atoms with van der Waals surface area (Å²) in [7, 11) is 0. The summed E-state index contributed by atoms with van der Waals surface area (Å²) in [5.74, 6) is 0. The van der Waals surface area contributed by atoms with Gasteiger partial charge >= 0.3 is 0 Å². The van der Waals surface area contributed by atoms with E-state index in [9.17, 15) is 5.11 Å². The van der Waals surface area contributed by atoms with E-state index < -0.39 is 0 Å². The summed E-state index contributed by atoms with van der Waals surface area (Å²) in [5.41, 5.74) is 0.661. The van der Waals surface area contributed by atoms with Gasteiger partial charge in [0.15, 0.2) is 0 Å². The Morgan fingerprint density at radius 1 is 0.778 bits per heavy atom. The Kier molecular flexibility index (Phi) is 3.95. The van der Waals surface area contributed by atoms with Crippen LogP contribution < -0.4 is 5.32 Å². The van der Waals surface area contributed by atoms with E-state index in [1.54, 1.807) is 0 Å². The quantitative estimate of drug-likeness (QED) is 0.788. The molecule has 1 atom stereocenters. The lowest BCUT2D eigenvalue weighted by atomic mass is 9.68. The van der Waals surface area contributed by atoms with Crippen LogP contribution in [-0.4, -0.2) is 23.3 Å². The zero-order valence-corrected chi connectivity index (χ0v) is 11.7. The van der Waals surface area contributed by atoms with Gasteiger partial charge in [0.1, 0.15) is 0 Å². The first-order valence-corrected chi connectivity index (χ1v) is 8.23. The zero-order valence-electron chi connectivity index (χ0n) is 11.7. The third-order valence-electron chi connectivity index (χ3n) is 5.89. The van der Waals surface area contributed by atoms with Crippen molar-refractivity contribution < 1.29 is 5.11 Å². The molecule has 104 valence electrons. The monoisotopic (exact) mass is 251 g/mol. The largest absolute Gasteiger partial charge is 0.393 e. The summed E-state index contributed by atoms with van der Waals surface area (Å²) in [4.78, 5) is 0. The van der Waals surface area contributed by atoms with Gasteiger partial charge < -0.3 is 10.4 Å². The standard InChI is InChI=1S/C16H29NO/c18-14-8-6-13(7-9-14)17-15-5-1-2-10-16(15)11-3-4-12-16/h13-15,17-18H,1-12H2.